The van der Waals surface area contributed by atoms with E-state index in [0.29, 0.717) is 17.4 Å². The molecule has 2 unspecified atom stereocenters. The van der Waals surface area contributed by atoms with Gasteiger partial charge in [0.2, 0.25) is 0 Å². The second-order valence-electron chi connectivity index (χ2n) is 19.2. The minimum absolute atomic E-state index is 0.144. The minimum Gasteiger partial charge on any atom is -0.545 e. The Balaban J connectivity index is 4.33. The Labute approximate surface area is 400 Å². The lowest BCUT2D eigenvalue weighted by Gasteiger charge is -2.26. The second kappa shape index (κ2) is 47.7. The van der Waals surface area contributed by atoms with E-state index in [2.05, 4.69) is 62.5 Å². The Morgan fingerprint density at radius 2 is 0.831 bits per heavy atom. The summed E-state index contributed by atoms with van der Waals surface area (Å²) in [5, 5.41) is 11.7. The number of hydrogen-bond donors (Lipinski definition) is 0. The summed E-state index contributed by atoms with van der Waals surface area (Å²) in [4.78, 5) is 37.2. The molecule has 0 aliphatic carbocycles. The van der Waals surface area contributed by atoms with E-state index in [9.17, 15) is 19.5 Å². The van der Waals surface area contributed by atoms with Crippen LogP contribution in [-0.4, -0.2) is 82.3 Å². The van der Waals surface area contributed by atoms with E-state index >= 15 is 0 Å². The standard InChI is InChI=1S/C56H101NO8/c1-6-8-10-12-14-16-18-20-22-24-26-27-29-30-32-34-36-38-40-42-44-46-53(58)63-50-52(51-64-56(55(60)61)62-49-48-57(3,4)5)65-54(59)47-45-43-41-39-37-35-33-31-28-25-23-21-19-17-15-13-11-9-7-2/h15,17,21,23-24,26,28,31,52,56H,6-14,16,18-20,22,25,27,29-30,32-51H2,1-5H3/b17-15-,23-21-,26-24-,31-28-. The van der Waals surface area contributed by atoms with E-state index < -0.39 is 24.3 Å². The zero-order valence-electron chi connectivity index (χ0n) is 42.9. The highest BCUT2D eigenvalue weighted by molar-refractivity contribution is 5.70. The van der Waals surface area contributed by atoms with Gasteiger partial charge in [0.1, 0.15) is 13.2 Å². The SMILES string of the molecule is CCCCC/C=C\C/C=C\C/C=C\CCCCCCCCC(=O)OC(COC(=O)CCCCCCCCCCC/C=C\CCCCCCCCCC)COC(OCC[N+](C)(C)C)C(=O)[O-]. The normalized spacial score (nSPS) is 13.2. The number of carbonyl (C=O) groups is 3. The van der Waals surface area contributed by atoms with E-state index in [-0.39, 0.29) is 38.6 Å². The fraction of sp³-hybridized carbons (Fsp3) is 0.804. The van der Waals surface area contributed by atoms with Gasteiger partial charge in [0, 0.05) is 12.8 Å². The number of rotatable bonds is 49. The molecule has 0 radical (unpaired) electrons. The number of carboxylic acids is 1. The second-order valence-corrected chi connectivity index (χ2v) is 19.2. The summed E-state index contributed by atoms with van der Waals surface area (Å²) in [5.41, 5.74) is 0. The van der Waals surface area contributed by atoms with E-state index in [0.717, 1.165) is 70.6 Å². The average Bonchev–Trinajstić information content (AvgIpc) is 3.27. The number of esters is 2. The van der Waals surface area contributed by atoms with Gasteiger partial charge in [0.25, 0.3) is 0 Å². The van der Waals surface area contributed by atoms with Crippen LogP contribution in [0.2, 0.25) is 0 Å². The molecule has 0 heterocycles. The van der Waals surface area contributed by atoms with E-state index in [1.807, 2.05) is 21.1 Å². The summed E-state index contributed by atoms with van der Waals surface area (Å²) in [5.74, 6) is -2.30. The molecule has 0 saturated heterocycles. The molecule has 9 nitrogen and oxygen atoms in total. The summed E-state index contributed by atoms with van der Waals surface area (Å²) in [7, 11) is 5.91. The highest BCUT2D eigenvalue weighted by Gasteiger charge is 2.22. The maximum atomic E-state index is 12.8. The molecule has 0 aromatic rings. The molecular weight excluding hydrogens is 815 g/mol. The molecule has 0 N–H and O–H groups in total. The Bertz CT molecular complexity index is 1210. The van der Waals surface area contributed by atoms with Gasteiger partial charge >= 0.3 is 11.9 Å². The number of carboxylic acid groups (broad SMARTS) is 1. The summed E-state index contributed by atoms with van der Waals surface area (Å²) in [6.45, 7) is 4.71. The first-order valence-electron chi connectivity index (χ1n) is 26.8. The van der Waals surface area contributed by atoms with Crippen LogP contribution in [0.4, 0.5) is 0 Å². The summed E-state index contributed by atoms with van der Waals surface area (Å²) >= 11 is 0. The number of ether oxygens (including phenoxy) is 4. The monoisotopic (exact) mass is 916 g/mol. The molecular formula is C56H101NO8. The molecule has 0 fully saturated rings. The quantitative estimate of drug-likeness (QED) is 0.0195. The minimum atomic E-state index is -1.63. The van der Waals surface area contributed by atoms with Gasteiger partial charge in [-0.2, -0.15) is 0 Å². The topological polar surface area (TPSA) is 111 Å². The first-order chi connectivity index (χ1) is 31.6. The molecule has 0 aromatic heterocycles. The van der Waals surface area contributed by atoms with Crippen LogP contribution in [0.25, 0.3) is 0 Å². The molecule has 0 saturated carbocycles. The molecule has 9 heteroatoms. The van der Waals surface area contributed by atoms with Crippen molar-refractivity contribution < 1.29 is 42.9 Å². The van der Waals surface area contributed by atoms with Crippen molar-refractivity contribution in [1.29, 1.82) is 0 Å². The van der Waals surface area contributed by atoms with Crippen LogP contribution < -0.4 is 5.11 Å². The first kappa shape index (κ1) is 62.2. The highest BCUT2D eigenvalue weighted by Crippen LogP contribution is 2.15. The van der Waals surface area contributed by atoms with Crippen LogP contribution in [0.15, 0.2) is 48.6 Å². The van der Waals surface area contributed by atoms with Gasteiger partial charge in [-0.15, -0.1) is 0 Å². The van der Waals surface area contributed by atoms with Crippen molar-refractivity contribution in [2.45, 2.75) is 245 Å². The van der Waals surface area contributed by atoms with Gasteiger partial charge in [-0.05, 0) is 77.0 Å². The van der Waals surface area contributed by atoms with Gasteiger partial charge in [-0.3, -0.25) is 9.59 Å². The fourth-order valence-electron chi connectivity index (χ4n) is 7.36. The van der Waals surface area contributed by atoms with Gasteiger partial charge in [-0.25, -0.2) is 0 Å². The summed E-state index contributed by atoms with van der Waals surface area (Å²) < 4.78 is 22.6. The number of hydrogen-bond acceptors (Lipinski definition) is 8. The van der Waals surface area contributed by atoms with Crippen molar-refractivity contribution in [1.82, 2.24) is 0 Å². The lowest BCUT2D eigenvalue weighted by atomic mass is 10.1. The smallest absolute Gasteiger partial charge is 0.306 e. The molecule has 378 valence electrons. The molecule has 0 aromatic carbocycles. The number of carbonyl (C=O) groups excluding carboxylic acids is 3. The predicted octanol–water partition coefficient (Wildman–Crippen LogP) is 13.8. The van der Waals surface area contributed by atoms with Crippen molar-refractivity contribution in [2.24, 2.45) is 0 Å². The Hall–Kier alpha value is -2.75. The molecule has 0 rings (SSSR count). The lowest BCUT2D eigenvalue weighted by Crippen LogP contribution is -2.44. The summed E-state index contributed by atoms with van der Waals surface area (Å²) in [6, 6.07) is 0. The number of aliphatic carboxylic acids is 1. The number of allylic oxidation sites excluding steroid dienone is 8. The number of unbranched alkanes of at least 4 members (excludes halogenated alkanes) is 26. The molecule has 0 spiro atoms. The predicted molar refractivity (Wildman–Crippen MR) is 269 cm³/mol. The summed E-state index contributed by atoms with van der Waals surface area (Å²) in [6.07, 6.45) is 54.3. The maximum absolute atomic E-state index is 12.8. The van der Waals surface area contributed by atoms with Gasteiger partial charge in [-0.1, -0.05) is 191 Å². The third-order valence-corrected chi connectivity index (χ3v) is 11.5. The van der Waals surface area contributed by atoms with E-state index in [1.165, 1.54) is 128 Å². The molecule has 0 amide bonds. The molecule has 2 atom stereocenters. The zero-order chi connectivity index (χ0) is 47.7. The molecule has 65 heavy (non-hydrogen) atoms. The molecule has 0 aliphatic rings. The number of quaternary nitrogens is 1. The van der Waals surface area contributed by atoms with E-state index in [1.54, 1.807) is 0 Å². The number of likely N-dealkylation sites (N-methyl/N-ethyl adjacent to an activating group) is 1. The van der Waals surface area contributed by atoms with Crippen LogP contribution in [0.5, 0.6) is 0 Å². The Morgan fingerprint density at radius 1 is 0.462 bits per heavy atom. The Kier molecular flexibility index (Phi) is 45.7. The van der Waals surface area contributed by atoms with Crippen LogP contribution in [-0.2, 0) is 33.3 Å². The van der Waals surface area contributed by atoms with Crippen molar-refractivity contribution in [3.05, 3.63) is 48.6 Å². The fourth-order valence-corrected chi connectivity index (χ4v) is 7.36. The lowest BCUT2D eigenvalue weighted by molar-refractivity contribution is -0.870. The average molecular weight is 916 g/mol. The van der Waals surface area contributed by atoms with Crippen molar-refractivity contribution in [3.8, 4) is 0 Å². The zero-order valence-corrected chi connectivity index (χ0v) is 42.9. The van der Waals surface area contributed by atoms with Crippen molar-refractivity contribution in [3.63, 3.8) is 0 Å². The van der Waals surface area contributed by atoms with Crippen LogP contribution in [0.3, 0.4) is 0 Å². The number of nitrogens with zero attached hydrogens (tertiary/aromatic N) is 1. The van der Waals surface area contributed by atoms with Gasteiger partial charge in [0.15, 0.2) is 12.4 Å². The van der Waals surface area contributed by atoms with Crippen LogP contribution >= 0.6 is 0 Å². The third-order valence-electron chi connectivity index (χ3n) is 11.5. The highest BCUT2D eigenvalue weighted by atomic mass is 16.7. The third kappa shape index (κ3) is 49.0. The maximum Gasteiger partial charge on any atom is 0.306 e. The van der Waals surface area contributed by atoms with Gasteiger partial charge in [0.05, 0.1) is 40.3 Å². The van der Waals surface area contributed by atoms with Gasteiger partial charge < -0.3 is 33.3 Å². The molecule has 0 aliphatic heterocycles. The Morgan fingerprint density at radius 3 is 1.28 bits per heavy atom. The van der Waals surface area contributed by atoms with Crippen molar-refractivity contribution in [2.75, 3.05) is 47.5 Å². The first-order valence-corrected chi connectivity index (χ1v) is 26.8. The molecule has 0 bridgehead atoms. The van der Waals surface area contributed by atoms with Crippen LogP contribution in [0, 0.1) is 0 Å². The van der Waals surface area contributed by atoms with Crippen molar-refractivity contribution >= 4 is 17.9 Å². The van der Waals surface area contributed by atoms with E-state index in [4.69, 9.17) is 18.9 Å². The van der Waals surface area contributed by atoms with Crippen LogP contribution in [0.1, 0.15) is 232 Å². The largest absolute Gasteiger partial charge is 0.545 e.